The van der Waals surface area contributed by atoms with Crippen LogP contribution < -0.4 is 4.90 Å². The van der Waals surface area contributed by atoms with E-state index in [1.165, 1.54) is 5.56 Å². The van der Waals surface area contributed by atoms with Gasteiger partial charge < -0.3 is 4.90 Å². The summed E-state index contributed by atoms with van der Waals surface area (Å²) in [6.07, 6.45) is 3.13. The molecule has 0 saturated heterocycles. The Balaban J connectivity index is 2.03. The summed E-state index contributed by atoms with van der Waals surface area (Å²) < 4.78 is 0.860. The van der Waals surface area contributed by atoms with Gasteiger partial charge in [-0.2, -0.15) is 0 Å². The van der Waals surface area contributed by atoms with Crippen molar-refractivity contribution in [1.82, 2.24) is 0 Å². The number of hydrogen-bond acceptors (Lipinski definition) is 1. The third-order valence-corrected chi connectivity index (χ3v) is 4.59. The molecule has 0 unspecified atom stereocenters. The molecule has 4 heteroatoms. The van der Waals surface area contributed by atoms with Gasteiger partial charge in [-0.15, -0.1) is 0 Å². The molecule has 1 amide bonds. The average Bonchev–Trinajstić information content (AvgIpc) is 2.71. The minimum Gasteiger partial charge on any atom is -0.308 e. The van der Waals surface area contributed by atoms with E-state index in [1.54, 1.807) is 12.1 Å². The summed E-state index contributed by atoms with van der Waals surface area (Å²) in [5, 5.41) is 0.491. The molecule has 108 valence electrons. The molecule has 0 atom stereocenters. The van der Waals surface area contributed by atoms with Gasteiger partial charge in [-0.05, 0) is 49.1 Å². The van der Waals surface area contributed by atoms with Crippen molar-refractivity contribution in [2.75, 3.05) is 11.4 Å². The summed E-state index contributed by atoms with van der Waals surface area (Å²) in [4.78, 5) is 14.8. The van der Waals surface area contributed by atoms with Crippen molar-refractivity contribution in [3.63, 3.8) is 0 Å². The number of halogens is 2. The summed E-state index contributed by atoms with van der Waals surface area (Å²) in [7, 11) is 0. The maximum absolute atomic E-state index is 12.9. The van der Waals surface area contributed by atoms with E-state index >= 15 is 0 Å². The van der Waals surface area contributed by atoms with Gasteiger partial charge in [0.2, 0.25) is 0 Å². The van der Waals surface area contributed by atoms with Gasteiger partial charge >= 0.3 is 0 Å². The van der Waals surface area contributed by atoms with Gasteiger partial charge in [0.1, 0.15) is 0 Å². The zero-order valence-corrected chi connectivity index (χ0v) is 13.8. The van der Waals surface area contributed by atoms with Crippen LogP contribution in [0.4, 0.5) is 5.69 Å². The van der Waals surface area contributed by atoms with Crippen LogP contribution in [0, 0.1) is 0 Å². The molecular weight excluding hydrogens is 350 g/mol. The second kappa shape index (κ2) is 6.20. The molecule has 0 fully saturated rings. The van der Waals surface area contributed by atoms with Gasteiger partial charge in [0.25, 0.3) is 5.91 Å². The van der Waals surface area contributed by atoms with E-state index in [0.717, 1.165) is 36.0 Å². The quantitative estimate of drug-likeness (QED) is 0.690. The molecule has 0 spiro atoms. The average molecular weight is 365 g/mol. The predicted octanol–water partition coefficient (Wildman–Crippen LogP) is 5.09. The lowest BCUT2D eigenvalue weighted by atomic mass is 10.1. The Morgan fingerprint density at radius 2 is 1.95 bits per heavy atom. The number of benzene rings is 2. The molecule has 1 aliphatic heterocycles. The fraction of sp³-hybridized carbons (Fsp3) is 0.235. The van der Waals surface area contributed by atoms with Crippen molar-refractivity contribution in [2.24, 2.45) is 0 Å². The Kier molecular flexibility index (Phi) is 4.32. The zero-order valence-electron chi connectivity index (χ0n) is 11.5. The molecule has 2 aromatic rings. The molecule has 1 heterocycles. The van der Waals surface area contributed by atoms with E-state index in [0.29, 0.717) is 10.6 Å². The number of hydrogen-bond donors (Lipinski definition) is 0. The van der Waals surface area contributed by atoms with Crippen LogP contribution in [0.5, 0.6) is 0 Å². The normalized spacial score (nSPS) is 14.5. The molecule has 0 aliphatic carbocycles. The zero-order chi connectivity index (χ0) is 14.8. The van der Waals surface area contributed by atoms with Gasteiger partial charge in [0, 0.05) is 16.7 Å². The highest BCUT2D eigenvalue weighted by molar-refractivity contribution is 9.10. The number of aryl methyl sites for hydroxylation is 1. The highest BCUT2D eigenvalue weighted by atomic mass is 79.9. The Hall–Kier alpha value is -1.32. The third kappa shape index (κ3) is 2.99. The maximum atomic E-state index is 12.9. The molecular formula is C17H15BrClNO. The molecule has 2 aromatic carbocycles. The Bertz CT molecular complexity index is 686. The first kappa shape index (κ1) is 14.6. The van der Waals surface area contributed by atoms with Gasteiger partial charge in [0.05, 0.1) is 10.6 Å². The van der Waals surface area contributed by atoms with Crippen LogP contribution in [-0.4, -0.2) is 12.5 Å². The molecule has 0 aromatic heterocycles. The molecule has 0 bridgehead atoms. The van der Waals surface area contributed by atoms with E-state index in [-0.39, 0.29) is 5.91 Å². The molecule has 0 saturated carbocycles. The minimum absolute atomic E-state index is 0.0318. The van der Waals surface area contributed by atoms with Crippen molar-refractivity contribution in [1.29, 1.82) is 0 Å². The van der Waals surface area contributed by atoms with Crippen molar-refractivity contribution in [2.45, 2.75) is 19.3 Å². The van der Waals surface area contributed by atoms with E-state index < -0.39 is 0 Å². The summed E-state index contributed by atoms with van der Waals surface area (Å²) in [6.45, 7) is 0.735. The van der Waals surface area contributed by atoms with Crippen LogP contribution in [-0.2, 0) is 6.42 Å². The van der Waals surface area contributed by atoms with Gasteiger partial charge in [-0.1, -0.05) is 45.7 Å². The minimum atomic E-state index is -0.0318. The van der Waals surface area contributed by atoms with Crippen molar-refractivity contribution < 1.29 is 4.79 Å². The highest BCUT2D eigenvalue weighted by Crippen LogP contribution is 2.30. The first-order valence-corrected chi connectivity index (χ1v) is 8.19. The smallest absolute Gasteiger partial charge is 0.259 e. The number of para-hydroxylation sites is 1. The SMILES string of the molecule is O=C(c1cc(Br)ccc1Cl)N1CCCCc2ccccc21. The number of amides is 1. The molecule has 2 nitrogen and oxygen atoms in total. The molecule has 1 aliphatic rings. The Morgan fingerprint density at radius 3 is 2.81 bits per heavy atom. The Labute approximate surface area is 137 Å². The number of fused-ring (bicyclic) bond motifs is 1. The summed E-state index contributed by atoms with van der Waals surface area (Å²) >= 11 is 9.62. The number of anilines is 1. The maximum Gasteiger partial charge on any atom is 0.259 e. The van der Waals surface area contributed by atoms with E-state index in [4.69, 9.17) is 11.6 Å². The van der Waals surface area contributed by atoms with Crippen LogP contribution in [0.15, 0.2) is 46.9 Å². The Morgan fingerprint density at radius 1 is 1.14 bits per heavy atom. The molecule has 21 heavy (non-hydrogen) atoms. The lowest BCUT2D eigenvalue weighted by molar-refractivity contribution is 0.0987. The molecule has 0 N–H and O–H groups in total. The number of nitrogens with zero attached hydrogens (tertiary/aromatic N) is 1. The van der Waals surface area contributed by atoms with Crippen molar-refractivity contribution >= 4 is 39.1 Å². The number of rotatable bonds is 1. The molecule has 3 rings (SSSR count). The summed E-state index contributed by atoms with van der Waals surface area (Å²) in [5.41, 5.74) is 2.79. The lowest BCUT2D eigenvalue weighted by Gasteiger charge is -2.23. The van der Waals surface area contributed by atoms with Crippen LogP contribution in [0.3, 0.4) is 0 Å². The fourth-order valence-electron chi connectivity index (χ4n) is 2.71. The lowest BCUT2D eigenvalue weighted by Crippen LogP contribution is -2.32. The predicted molar refractivity (Wildman–Crippen MR) is 90.2 cm³/mol. The largest absolute Gasteiger partial charge is 0.308 e. The first-order valence-electron chi connectivity index (χ1n) is 7.01. The van der Waals surface area contributed by atoms with E-state index in [2.05, 4.69) is 22.0 Å². The number of carbonyl (C=O) groups excluding carboxylic acids is 1. The van der Waals surface area contributed by atoms with Crippen LogP contribution in [0.25, 0.3) is 0 Å². The highest BCUT2D eigenvalue weighted by Gasteiger charge is 2.23. The van der Waals surface area contributed by atoms with E-state index in [1.807, 2.05) is 29.2 Å². The topological polar surface area (TPSA) is 20.3 Å². The van der Waals surface area contributed by atoms with Gasteiger partial charge in [-0.3, -0.25) is 4.79 Å². The number of carbonyl (C=O) groups is 1. The third-order valence-electron chi connectivity index (χ3n) is 3.76. The summed E-state index contributed by atoms with van der Waals surface area (Å²) in [5.74, 6) is -0.0318. The second-order valence-electron chi connectivity index (χ2n) is 5.17. The van der Waals surface area contributed by atoms with E-state index in [9.17, 15) is 4.79 Å². The fourth-order valence-corrected chi connectivity index (χ4v) is 3.27. The van der Waals surface area contributed by atoms with Crippen LogP contribution in [0.2, 0.25) is 5.02 Å². The van der Waals surface area contributed by atoms with Crippen LogP contribution in [0.1, 0.15) is 28.8 Å². The van der Waals surface area contributed by atoms with Crippen molar-refractivity contribution in [3.8, 4) is 0 Å². The monoisotopic (exact) mass is 363 g/mol. The van der Waals surface area contributed by atoms with Gasteiger partial charge in [-0.25, -0.2) is 0 Å². The van der Waals surface area contributed by atoms with Crippen LogP contribution >= 0.6 is 27.5 Å². The van der Waals surface area contributed by atoms with Crippen molar-refractivity contribution in [3.05, 3.63) is 63.1 Å². The molecule has 0 radical (unpaired) electrons. The van der Waals surface area contributed by atoms with Gasteiger partial charge in [0.15, 0.2) is 0 Å². The summed E-state index contributed by atoms with van der Waals surface area (Å²) in [6, 6.07) is 13.5. The first-order chi connectivity index (χ1) is 10.2. The standard InChI is InChI=1S/C17H15BrClNO/c18-13-8-9-15(19)14(11-13)17(21)20-10-4-3-6-12-5-1-2-7-16(12)20/h1-2,5,7-9,11H,3-4,6,10H2. The second-order valence-corrected chi connectivity index (χ2v) is 6.49.